The SMILES string of the molecule is COc1cc(OC)c2c(c1)oc1ccc(C=O)c(OC)c12. The first-order valence-corrected chi connectivity index (χ1v) is 6.34. The molecule has 3 aromatic rings. The predicted molar refractivity (Wildman–Crippen MR) is 78.8 cm³/mol. The minimum absolute atomic E-state index is 0.463. The van der Waals surface area contributed by atoms with E-state index in [9.17, 15) is 4.79 Å². The molecule has 0 bridgehead atoms. The van der Waals surface area contributed by atoms with Gasteiger partial charge in [-0.25, -0.2) is 0 Å². The Kier molecular flexibility index (Phi) is 3.17. The van der Waals surface area contributed by atoms with E-state index >= 15 is 0 Å². The molecule has 3 rings (SSSR count). The van der Waals surface area contributed by atoms with Crippen molar-refractivity contribution in [2.75, 3.05) is 21.3 Å². The van der Waals surface area contributed by atoms with E-state index in [-0.39, 0.29) is 0 Å². The van der Waals surface area contributed by atoms with Crippen molar-refractivity contribution < 1.29 is 23.4 Å². The van der Waals surface area contributed by atoms with E-state index in [1.54, 1.807) is 38.5 Å². The Labute approximate surface area is 121 Å². The highest BCUT2D eigenvalue weighted by Gasteiger charge is 2.19. The van der Waals surface area contributed by atoms with Crippen LogP contribution in [0.5, 0.6) is 17.2 Å². The van der Waals surface area contributed by atoms with Gasteiger partial charge in [-0.2, -0.15) is 0 Å². The molecule has 0 fully saturated rings. The predicted octanol–water partition coefficient (Wildman–Crippen LogP) is 3.42. The van der Waals surface area contributed by atoms with E-state index in [1.807, 2.05) is 0 Å². The normalized spacial score (nSPS) is 10.8. The number of benzene rings is 2. The maximum Gasteiger partial charge on any atom is 0.153 e. The van der Waals surface area contributed by atoms with E-state index in [1.165, 1.54) is 7.11 Å². The first-order chi connectivity index (χ1) is 10.2. The second-order valence-corrected chi connectivity index (χ2v) is 4.48. The van der Waals surface area contributed by atoms with Crippen molar-refractivity contribution in [1.29, 1.82) is 0 Å². The van der Waals surface area contributed by atoms with Gasteiger partial charge in [-0.15, -0.1) is 0 Å². The molecule has 0 aliphatic heterocycles. The molecule has 0 unspecified atom stereocenters. The number of carbonyl (C=O) groups excluding carboxylic acids is 1. The van der Waals surface area contributed by atoms with Crippen molar-refractivity contribution in [2.45, 2.75) is 0 Å². The van der Waals surface area contributed by atoms with Gasteiger partial charge in [0.2, 0.25) is 0 Å². The monoisotopic (exact) mass is 286 g/mol. The summed E-state index contributed by atoms with van der Waals surface area (Å²) in [5.41, 5.74) is 1.70. The average Bonchev–Trinajstić information content (AvgIpc) is 2.90. The molecule has 108 valence electrons. The van der Waals surface area contributed by atoms with E-state index in [0.717, 1.165) is 17.1 Å². The third-order valence-corrected chi connectivity index (χ3v) is 3.45. The second kappa shape index (κ2) is 5.01. The molecule has 2 aromatic carbocycles. The molecule has 0 aliphatic rings. The molecule has 5 heteroatoms. The highest BCUT2D eigenvalue weighted by Crippen LogP contribution is 2.43. The Bertz CT molecular complexity index is 832. The van der Waals surface area contributed by atoms with Crippen LogP contribution >= 0.6 is 0 Å². The van der Waals surface area contributed by atoms with Gasteiger partial charge in [0.25, 0.3) is 0 Å². The van der Waals surface area contributed by atoms with Crippen LogP contribution < -0.4 is 14.2 Å². The fourth-order valence-electron chi connectivity index (χ4n) is 2.51. The number of fused-ring (bicyclic) bond motifs is 3. The standard InChI is InChI=1S/C16H14O5/c1-18-10-6-12(19-2)14-13(7-10)21-11-5-4-9(8-17)16(20-3)15(11)14/h4-8H,1-3H3. The summed E-state index contributed by atoms with van der Waals surface area (Å²) in [6.07, 6.45) is 0.757. The van der Waals surface area contributed by atoms with Gasteiger partial charge >= 0.3 is 0 Å². The van der Waals surface area contributed by atoms with Crippen molar-refractivity contribution in [1.82, 2.24) is 0 Å². The Morgan fingerprint density at radius 1 is 0.952 bits per heavy atom. The number of ether oxygens (including phenoxy) is 3. The quantitative estimate of drug-likeness (QED) is 0.688. The summed E-state index contributed by atoms with van der Waals surface area (Å²) in [4.78, 5) is 11.2. The number of hydrogen-bond donors (Lipinski definition) is 0. The van der Waals surface area contributed by atoms with Gasteiger partial charge in [-0.05, 0) is 12.1 Å². The lowest BCUT2D eigenvalue weighted by Crippen LogP contribution is -1.92. The first kappa shape index (κ1) is 13.3. The van der Waals surface area contributed by atoms with Crippen LogP contribution in [0.25, 0.3) is 21.9 Å². The molecular formula is C16H14O5. The molecule has 0 saturated carbocycles. The number of hydrogen-bond acceptors (Lipinski definition) is 5. The second-order valence-electron chi connectivity index (χ2n) is 4.48. The van der Waals surface area contributed by atoms with Crippen LogP contribution in [0, 0.1) is 0 Å². The van der Waals surface area contributed by atoms with Gasteiger partial charge in [0, 0.05) is 12.1 Å². The van der Waals surface area contributed by atoms with Crippen molar-refractivity contribution >= 4 is 28.2 Å². The third-order valence-electron chi connectivity index (χ3n) is 3.45. The fraction of sp³-hybridized carbons (Fsp3) is 0.188. The Morgan fingerprint density at radius 2 is 1.76 bits per heavy atom. The molecule has 0 amide bonds. The summed E-state index contributed by atoms with van der Waals surface area (Å²) in [6, 6.07) is 6.95. The highest BCUT2D eigenvalue weighted by molar-refractivity contribution is 6.13. The number of methoxy groups -OCH3 is 3. The van der Waals surface area contributed by atoms with Gasteiger partial charge in [0.1, 0.15) is 28.4 Å². The molecule has 1 heterocycles. The summed E-state index contributed by atoms with van der Waals surface area (Å²) in [6.45, 7) is 0. The van der Waals surface area contributed by atoms with Gasteiger partial charge in [0.15, 0.2) is 6.29 Å². The van der Waals surface area contributed by atoms with Crippen molar-refractivity contribution in [2.24, 2.45) is 0 Å². The summed E-state index contributed by atoms with van der Waals surface area (Å²) < 4.78 is 21.9. The van der Waals surface area contributed by atoms with Crippen molar-refractivity contribution in [3.05, 3.63) is 29.8 Å². The molecule has 5 nitrogen and oxygen atoms in total. The Balaban J connectivity index is 2.51. The maximum absolute atomic E-state index is 11.2. The summed E-state index contributed by atoms with van der Waals surface area (Å²) in [7, 11) is 4.67. The number of rotatable bonds is 4. The number of aldehydes is 1. The fourth-order valence-corrected chi connectivity index (χ4v) is 2.51. The molecule has 0 atom stereocenters. The van der Waals surface area contributed by atoms with Crippen LogP contribution in [0.1, 0.15) is 10.4 Å². The van der Waals surface area contributed by atoms with Gasteiger partial charge in [-0.1, -0.05) is 0 Å². The van der Waals surface area contributed by atoms with Crippen LogP contribution in [-0.2, 0) is 0 Å². The third kappa shape index (κ3) is 1.89. The van der Waals surface area contributed by atoms with Crippen LogP contribution in [0.15, 0.2) is 28.7 Å². The topological polar surface area (TPSA) is 57.9 Å². The van der Waals surface area contributed by atoms with Crippen molar-refractivity contribution in [3.8, 4) is 17.2 Å². The van der Waals surface area contributed by atoms with Crippen molar-refractivity contribution in [3.63, 3.8) is 0 Å². The maximum atomic E-state index is 11.2. The highest BCUT2D eigenvalue weighted by atomic mass is 16.5. The zero-order valence-electron chi connectivity index (χ0n) is 11.9. The summed E-state index contributed by atoms with van der Waals surface area (Å²) >= 11 is 0. The minimum atomic E-state index is 0.463. The molecule has 0 radical (unpaired) electrons. The van der Waals surface area contributed by atoms with Crippen LogP contribution in [-0.4, -0.2) is 27.6 Å². The van der Waals surface area contributed by atoms with E-state index in [0.29, 0.717) is 34.0 Å². The molecule has 0 N–H and O–H groups in total. The summed E-state index contributed by atoms with van der Waals surface area (Å²) in [5.74, 6) is 1.71. The molecule has 1 aromatic heterocycles. The molecule has 0 spiro atoms. The molecule has 21 heavy (non-hydrogen) atoms. The van der Waals surface area contributed by atoms with Crippen LogP contribution in [0.4, 0.5) is 0 Å². The lowest BCUT2D eigenvalue weighted by atomic mass is 10.1. The van der Waals surface area contributed by atoms with E-state index < -0.39 is 0 Å². The Hall–Kier alpha value is -2.69. The zero-order valence-corrected chi connectivity index (χ0v) is 11.9. The van der Waals surface area contributed by atoms with Gasteiger partial charge in [-0.3, -0.25) is 4.79 Å². The molecule has 0 aliphatic carbocycles. The van der Waals surface area contributed by atoms with Crippen LogP contribution in [0.2, 0.25) is 0 Å². The van der Waals surface area contributed by atoms with Gasteiger partial charge in [0.05, 0.1) is 37.7 Å². The summed E-state index contributed by atoms with van der Waals surface area (Å²) in [5, 5.41) is 1.48. The lowest BCUT2D eigenvalue weighted by Gasteiger charge is -2.07. The smallest absolute Gasteiger partial charge is 0.153 e. The minimum Gasteiger partial charge on any atom is -0.496 e. The largest absolute Gasteiger partial charge is 0.496 e. The zero-order chi connectivity index (χ0) is 15.0. The van der Waals surface area contributed by atoms with Gasteiger partial charge < -0.3 is 18.6 Å². The molecular weight excluding hydrogens is 272 g/mol. The number of carbonyl (C=O) groups is 1. The average molecular weight is 286 g/mol. The number of furan rings is 1. The van der Waals surface area contributed by atoms with E-state index in [2.05, 4.69) is 0 Å². The lowest BCUT2D eigenvalue weighted by molar-refractivity contribution is 0.112. The first-order valence-electron chi connectivity index (χ1n) is 6.34. The van der Waals surface area contributed by atoms with E-state index in [4.69, 9.17) is 18.6 Å². The van der Waals surface area contributed by atoms with Crippen LogP contribution in [0.3, 0.4) is 0 Å². The molecule has 0 saturated heterocycles. The Morgan fingerprint density at radius 3 is 2.38 bits per heavy atom.